The molecule has 0 amide bonds. The number of rotatable bonds is 7. The zero-order valence-electron chi connectivity index (χ0n) is 17.9. The molecule has 1 aliphatic heterocycles. The summed E-state index contributed by atoms with van der Waals surface area (Å²) >= 11 is 0. The van der Waals surface area contributed by atoms with Crippen LogP contribution in [0.2, 0.25) is 0 Å². The summed E-state index contributed by atoms with van der Waals surface area (Å²) in [6, 6.07) is 10.2. The molecule has 0 unspecified atom stereocenters. The number of aromatic nitrogens is 3. The SMILES string of the molecule is CCS(=O)(=O)N1CCC(NC(=NCc2ccccc2)NCc2nnc(C)n2C)CC1. The third-order valence-electron chi connectivity index (χ3n) is 5.41. The van der Waals surface area contributed by atoms with Crippen LogP contribution < -0.4 is 10.6 Å². The van der Waals surface area contributed by atoms with E-state index in [1.165, 1.54) is 0 Å². The van der Waals surface area contributed by atoms with Gasteiger partial charge in [-0.2, -0.15) is 0 Å². The highest BCUT2D eigenvalue weighted by atomic mass is 32.2. The molecule has 0 atom stereocenters. The van der Waals surface area contributed by atoms with Crippen LogP contribution in [0.4, 0.5) is 0 Å². The van der Waals surface area contributed by atoms with Crippen LogP contribution in [-0.2, 0) is 30.2 Å². The van der Waals surface area contributed by atoms with E-state index in [1.807, 2.05) is 48.9 Å². The van der Waals surface area contributed by atoms with Crippen molar-refractivity contribution in [2.45, 2.75) is 45.8 Å². The van der Waals surface area contributed by atoms with E-state index in [9.17, 15) is 8.42 Å². The van der Waals surface area contributed by atoms with E-state index >= 15 is 0 Å². The van der Waals surface area contributed by atoms with E-state index in [4.69, 9.17) is 4.99 Å². The number of aliphatic imine (C=N–C) groups is 1. The van der Waals surface area contributed by atoms with Crippen LogP contribution in [0.1, 0.15) is 37.0 Å². The Morgan fingerprint density at radius 1 is 1.20 bits per heavy atom. The van der Waals surface area contributed by atoms with Gasteiger partial charge in [-0.05, 0) is 32.3 Å². The molecular weight excluding hydrogens is 402 g/mol. The van der Waals surface area contributed by atoms with Gasteiger partial charge in [-0.1, -0.05) is 30.3 Å². The zero-order chi connectivity index (χ0) is 21.6. The van der Waals surface area contributed by atoms with Crippen molar-refractivity contribution >= 4 is 16.0 Å². The molecule has 0 aliphatic carbocycles. The molecule has 0 radical (unpaired) electrons. The fraction of sp³-hybridized carbons (Fsp3) is 0.550. The smallest absolute Gasteiger partial charge is 0.213 e. The molecule has 1 aromatic carbocycles. The molecule has 164 valence electrons. The second-order valence-corrected chi connectivity index (χ2v) is 9.70. The Morgan fingerprint density at radius 3 is 2.50 bits per heavy atom. The van der Waals surface area contributed by atoms with Gasteiger partial charge in [0.2, 0.25) is 10.0 Å². The van der Waals surface area contributed by atoms with Gasteiger partial charge in [-0.25, -0.2) is 17.7 Å². The van der Waals surface area contributed by atoms with Gasteiger partial charge >= 0.3 is 0 Å². The Morgan fingerprint density at radius 2 is 1.90 bits per heavy atom. The summed E-state index contributed by atoms with van der Waals surface area (Å²) < 4.78 is 27.7. The average molecular weight is 434 g/mol. The lowest BCUT2D eigenvalue weighted by atomic mass is 10.1. The predicted octanol–water partition coefficient (Wildman–Crippen LogP) is 1.17. The van der Waals surface area contributed by atoms with Crippen molar-refractivity contribution in [1.82, 2.24) is 29.7 Å². The highest BCUT2D eigenvalue weighted by Gasteiger charge is 2.27. The van der Waals surface area contributed by atoms with E-state index < -0.39 is 10.0 Å². The van der Waals surface area contributed by atoms with Crippen LogP contribution in [-0.4, -0.2) is 58.3 Å². The van der Waals surface area contributed by atoms with Crippen molar-refractivity contribution < 1.29 is 8.42 Å². The summed E-state index contributed by atoms with van der Waals surface area (Å²) in [5, 5.41) is 15.1. The number of hydrogen-bond acceptors (Lipinski definition) is 5. The highest BCUT2D eigenvalue weighted by Crippen LogP contribution is 2.14. The second kappa shape index (κ2) is 10.0. The highest BCUT2D eigenvalue weighted by molar-refractivity contribution is 7.89. The third kappa shape index (κ3) is 5.79. The second-order valence-electron chi connectivity index (χ2n) is 7.44. The fourth-order valence-corrected chi connectivity index (χ4v) is 4.46. The normalized spacial score (nSPS) is 16.6. The topological polar surface area (TPSA) is 105 Å². The first-order valence-corrected chi connectivity index (χ1v) is 11.9. The van der Waals surface area contributed by atoms with Crippen LogP contribution in [0, 0.1) is 6.92 Å². The Kier molecular flexibility index (Phi) is 7.43. The summed E-state index contributed by atoms with van der Waals surface area (Å²) in [6.07, 6.45) is 1.49. The van der Waals surface area contributed by atoms with Crippen molar-refractivity contribution in [2.75, 3.05) is 18.8 Å². The van der Waals surface area contributed by atoms with Crippen LogP contribution in [0.25, 0.3) is 0 Å². The first-order chi connectivity index (χ1) is 14.4. The van der Waals surface area contributed by atoms with Gasteiger partial charge in [0.15, 0.2) is 11.8 Å². The van der Waals surface area contributed by atoms with Crippen molar-refractivity contribution in [2.24, 2.45) is 12.0 Å². The van der Waals surface area contributed by atoms with Crippen molar-refractivity contribution in [3.05, 3.63) is 47.5 Å². The molecule has 0 spiro atoms. The van der Waals surface area contributed by atoms with Gasteiger partial charge in [-0.3, -0.25) is 0 Å². The van der Waals surface area contributed by atoms with E-state index in [1.54, 1.807) is 11.2 Å². The Labute approximate surface area is 178 Å². The molecule has 10 heteroatoms. The Hall–Kier alpha value is -2.46. The van der Waals surface area contributed by atoms with Gasteiger partial charge in [0.05, 0.1) is 18.8 Å². The molecule has 1 saturated heterocycles. The Bertz CT molecular complexity index is 949. The molecule has 0 bridgehead atoms. The zero-order valence-corrected chi connectivity index (χ0v) is 18.7. The summed E-state index contributed by atoms with van der Waals surface area (Å²) in [6.45, 7) is 5.71. The van der Waals surface area contributed by atoms with Crippen molar-refractivity contribution in [3.8, 4) is 0 Å². The van der Waals surface area contributed by atoms with E-state index in [0.29, 0.717) is 32.1 Å². The summed E-state index contributed by atoms with van der Waals surface area (Å²) in [5.74, 6) is 2.52. The number of nitrogens with zero attached hydrogens (tertiary/aromatic N) is 5. The molecule has 1 aliphatic rings. The number of sulfonamides is 1. The quantitative estimate of drug-likeness (QED) is 0.502. The van der Waals surface area contributed by atoms with Crippen molar-refractivity contribution in [3.63, 3.8) is 0 Å². The molecule has 2 N–H and O–H groups in total. The van der Waals surface area contributed by atoms with Crippen LogP contribution in [0.5, 0.6) is 0 Å². The molecule has 2 aromatic rings. The maximum absolute atomic E-state index is 12.1. The first kappa shape index (κ1) is 22.2. The van der Waals surface area contributed by atoms with Gasteiger partial charge in [0, 0.05) is 26.2 Å². The average Bonchev–Trinajstić information content (AvgIpc) is 3.09. The molecular formula is C20H31N7O2S. The summed E-state index contributed by atoms with van der Waals surface area (Å²) in [5.41, 5.74) is 1.12. The van der Waals surface area contributed by atoms with Crippen LogP contribution >= 0.6 is 0 Å². The number of hydrogen-bond donors (Lipinski definition) is 2. The number of nitrogens with one attached hydrogen (secondary N) is 2. The Balaban J connectivity index is 1.64. The monoisotopic (exact) mass is 433 g/mol. The maximum Gasteiger partial charge on any atom is 0.213 e. The fourth-order valence-electron chi connectivity index (χ4n) is 3.33. The minimum absolute atomic E-state index is 0.146. The number of aryl methyl sites for hydroxylation is 1. The lowest BCUT2D eigenvalue weighted by molar-refractivity contribution is 0.306. The number of benzene rings is 1. The molecule has 0 saturated carbocycles. The molecule has 2 heterocycles. The van der Waals surface area contributed by atoms with Gasteiger partial charge in [0.25, 0.3) is 0 Å². The maximum atomic E-state index is 12.1. The summed E-state index contributed by atoms with van der Waals surface area (Å²) in [4.78, 5) is 4.73. The minimum atomic E-state index is -3.13. The largest absolute Gasteiger partial charge is 0.354 e. The predicted molar refractivity (Wildman–Crippen MR) is 117 cm³/mol. The minimum Gasteiger partial charge on any atom is -0.354 e. The van der Waals surface area contributed by atoms with Gasteiger partial charge in [0.1, 0.15) is 5.82 Å². The van der Waals surface area contributed by atoms with Crippen LogP contribution in [0.15, 0.2) is 35.3 Å². The number of piperidine rings is 1. The van der Waals surface area contributed by atoms with E-state index in [-0.39, 0.29) is 11.8 Å². The molecule has 9 nitrogen and oxygen atoms in total. The lowest BCUT2D eigenvalue weighted by Crippen LogP contribution is -2.50. The van der Waals surface area contributed by atoms with Gasteiger partial charge < -0.3 is 15.2 Å². The standard InChI is InChI=1S/C20H31N7O2S/c1-4-30(28,29)27-12-10-18(11-13-27)23-20(21-14-17-8-6-5-7-9-17)22-15-19-25-24-16(2)26(19)3/h5-9,18H,4,10-15H2,1-3H3,(H2,21,22,23). The number of guanidine groups is 1. The summed E-state index contributed by atoms with van der Waals surface area (Å²) in [7, 11) is -1.19. The molecule has 3 rings (SSSR count). The first-order valence-electron chi connectivity index (χ1n) is 10.3. The van der Waals surface area contributed by atoms with Crippen LogP contribution in [0.3, 0.4) is 0 Å². The third-order valence-corrected chi connectivity index (χ3v) is 7.29. The molecule has 1 aromatic heterocycles. The van der Waals surface area contributed by atoms with E-state index in [0.717, 1.165) is 30.1 Å². The van der Waals surface area contributed by atoms with Gasteiger partial charge in [-0.15, -0.1) is 10.2 Å². The molecule has 30 heavy (non-hydrogen) atoms. The van der Waals surface area contributed by atoms with Crippen molar-refractivity contribution in [1.29, 1.82) is 0 Å². The van der Waals surface area contributed by atoms with E-state index in [2.05, 4.69) is 20.8 Å². The molecule has 1 fully saturated rings. The lowest BCUT2D eigenvalue weighted by Gasteiger charge is -2.32.